The molecule has 0 amide bonds. The number of benzene rings is 1. The molecule has 28 heavy (non-hydrogen) atoms. The summed E-state index contributed by atoms with van der Waals surface area (Å²) in [4.78, 5) is 10.2. The molecule has 0 spiro atoms. The molecule has 0 bridgehead atoms. The molecular formula is C20H31IN4O2S. The number of rotatable bonds is 10. The van der Waals surface area contributed by atoms with Crippen molar-refractivity contribution in [2.24, 2.45) is 4.99 Å². The summed E-state index contributed by atoms with van der Waals surface area (Å²) < 4.78 is 11.3. The van der Waals surface area contributed by atoms with Gasteiger partial charge in [0.15, 0.2) is 5.96 Å². The molecule has 0 atom stereocenters. The van der Waals surface area contributed by atoms with E-state index in [1.807, 2.05) is 19.4 Å². The molecule has 0 saturated carbocycles. The van der Waals surface area contributed by atoms with Crippen LogP contribution in [0.3, 0.4) is 0 Å². The fraction of sp³-hybridized carbons (Fsp3) is 0.500. The van der Waals surface area contributed by atoms with Gasteiger partial charge in [-0.15, -0.1) is 35.3 Å². The average molecular weight is 518 g/mol. The summed E-state index contributed by atoms with van der Waals surface area (Å²) in [5.41, 5.74) is 5.16. The highest BCUT2D eigenvalue weighted by Gasteiger charge is 2.06. The van der Waals surface area contributed by atoms with Crippen molar-refractivity contribution in [3.63, 3.8) is 0 Å². The van der Waals surface area contributed by atoms with Gasteiger partial charge in [0.1, 0.15) is 12.4 Å². The molecule has 1 aromatic carbocycles. The molecular weight excluding hydrogens is 487 g/mol. The van der Waals surface area contributed by atoms with Gasteiger partial charge in [-0.1, -0.05) is 12.1 Å². The summed E-state index contributed by atoms with van der Waals surface area (Å²) >= 11 is 1.65. The Kier molecular flexibility index (Phi) is 12.1. The Bertz CT molecular complexity index is 737. The van der Waals surface area contributed by atoms with Gasteiger partial charge in [0.2, 0.25) is 0 Å². The fourth-order valence-corrected chi connectivity index (χ4v) is 3.16. The second-order valence-electron chi connectivity index (χ2n) is 6.07. The molecule has 2 N–H and O–H groups in total. The second-order valence-corrected chi connectivity index (χ2v) is 7.01. The SMILES string of the molecule is CCNC(=NCc1ccc(C)cc1OCCOCC)NCc1scnc1C.I. The van der Waals surface area contributed by atoms with Crippen molar-refractivity contribution in [1.29, 1.82) is 0 Å². The van der Waals surface area contributed by atoms with E-state index in [1.165, 1.54) is 10.4 Å². The van der Waals surface area contributed by atoms with E-state index in [0.717, 1.165) is 29.5 Å². The van der Waals surface area contributed by atoms with Crippen LogP contribution in [-0.2, 0) is 17.8 Å². The lowest BCUT2D eigenvalue weighted by atomic mass is 10.1. The Morgan fingerprint density at radius 3 is 2.68 bits per heavy atom. The first-order valence-electron chi connectivity index (χ1n) is 9.35. The topological polar surface area (TPSA) is 67.8 Å². The van der Waals surface area contributed by atoms with Crippen LogP contribution in [0.15, 0.2) is 28.7 Å². The molecule has 2 aromatic rings. The highest BCUT2D eigenvalue weighted by molar-refractivity contribution is 14.0. The third kappa shape index (κ3) is 8.32. The molecule has 0 unspecified atom stereocenters. The van der Waals surface area contributed by atoms with E-state index in [4.69, 9.17) is 14.5 Å². The van der Waals surface area contributed by atoms with E-state index in [0.29, 0.717) is 32.9 Å². The molecule has 1 heterocycles. The van der Waals surface area contributed by atoms with Crippen molar-refractivity contribution in [3.8, 4) is 5.75 Å². The van der Waals surface area contributed by atoms with Crippen LogP contribution in [0.2, 0.25) is 0 Å². The number of nitrogens with zero attached hydrogens (tertiary/aromatic N) is 2. The van der Waals surface area contributed by atoms with E-state index in [-0.39, 0.29) is 24.0 Å². The van der Waals surface area contributed by atoms with Crippen molar-refractivity contribution in [3.05, 3.63) is 45.4 Å². The van der Waals surface area contributed by atoms with E-state index < -0.39 is 0 Å². The Balaban J connectivity index is 0.00000392. The minimum Gasteiger partial charge on any atom is -0.491 e. The van der Waals surface area contributed by atoms with Crippen LogP contribution in [0, 0.1) is 13.8 Å². The Morgan fingerprint density at radius 2 is 2.00 bits per heavy atom. The van der Waals surface area contributed by atoms with Gasteiger partial charge in [0, 0.05) is 23.6 Å². The molecule has 0 saturated heterocycles. The third-order valence-electron chi connectivity index (χ3n) is 3.93. The van der Waals surface area contributed by atoms with Crippen molar-refractivity contribution in [1.82, 2.24) is 15.6 Å². The highest BCUT2D eigenvalue weighted by atomic mass is 127. The Hall–Kier alpha value is -1.39. The second kappa shape index (κ2) is 13.7. The summed E-state index contributed by atoms with van der Waals surface area (Å²) in [7, 11) is 0. The zero-order valence-electron chi connectivity index (χ0n) is 17.1. The van der Waals surface area contributed by atoms with Gasteiger partial charge >= 0.3 is 0 Å². The Morgan fingerprint density at radius 1 is 1.18 bits per heavy atom. The zero-order chi connectivity index (χ0) is 19.5. The Labute approximate surface area is 189 Å². The molecule has 0 fully saturated rings. The highest BCUT2D eigenvalue weighted by Crippen LogP contribution is 2.21. The first-order valence-corrected chi connectivity index (χ1v) is 10.2. The van der Waals surface area contributed by atoms with Gasteiger partial charge in [-0.3, -0.25) is 0 Å². The van der Waals surface area contributed by atoms with E-state index in [1.54, 1.807) is 11.3 Å². The number of nitrogens with one attached hydrogen (secondary N) is 2. The normalized spacial score (nSPS) is 11.1. The van der Waals surface area contributed by atoms with Crippen LogP contribution in [0.5, 0.6) is 5.75 Å². The number of hydrogen-bond acceptors (Lipinski definition) is 5. The van der Waals surface area contributed by atoms with E-state index in [2.05, 4.69) is 47.7 Å². The third-order valence-corrected chi connectivity index (χ3v) is 4.86. The standard InChI is InChI=1S/C20H30N4O2S.HI/c1-5-21-20(23-13-19-16(4)24-14-27-19)22-12-17-8-7-15(3)11-18(17)26-10-9-25-6-2;/h7-8,11,14H,5-6,9-10,12-13H2,1-4H3,(H2,21,22,23);1H. The molecule has 6 nitrogen and oxygen atoms in total. The maximum atomic E-state index is 5.91. The van der Waals surface area contributed by atoms with Crippen molar-refractivity contribution in [2.75, 3.05) is 26.4 Å². The van der Waals surface area contributed by atoms with Crippen LogP contribution >= 0.6 is 35.3 Å². The lowest BCUT2D eigenvalue weighted by molar-refractivity contribution is 0.110. The van der Waals surface area contributed by atoms with E-state index in [9.17, 15) is 0 Å². The molecule has 0 aliphatic carbocycles. The maximum absolute atomic E-state index is 5.91. The van der Waals surface area contributed by atoms with Gasteiger partial charge in [0.05, 0.1) is 30.9 Å². The number of thiazole rings is 1. The predicted octanol–water partition coefficient (Wildman–Crippen LogP) is 4.05. The van der Waals surface area contributed by atoms with Crippen LogP contribution < -0.4 is 15.4 Å². The number of guanidine groups is 1. The number of halogens is 1. The van der Waals surface area contributed by atoms with Crippen LogP contribution in [0.25, 0.3) is 0 Å². The van der Waals surface area contributed by atoms with Crippen LogP contribution in [0.1, 0.15) is 35.5 Å². The van der Waals surface area contributed by atoms with Gasteiger partial charge < -0.3 is 20.1 Å². The minimum absolute atomic E-state index is 0. The van der Waals surface area contributed by atoms with Crippen molar-refractivity contribution >= 4 is 41.3 Å². The fourth-order valence-electron chi connectivity index (χ4n) is 2.45. The minimum atomic E-state index is 0. The van der Waals surface area contributed by atoms with Crippen molar-refractivity contribution < 1.29 is 9.47 Å². The smallest absolute Gasteiger partial charge is 0.191 e. The largest absolute Gasteiger partial charge is 0.491 e. The maximum Gasteiger partial charge on any atom is 0.191 e. The van der Waals surface area contributed by atoms with Crippen LogP contribution in [0.4, 0.5) is 0 Å². The molecule has 0 radical (unpaired) electrons. The average Bonchev–Trinajstić information content (AvgIpc) is 3.07. The van der Waals surface area contributed by atoms with Gasteiger partial charge in [0.25, 0.3) is 0 Å². The monoisotopic (exact) mass is 518 g/mol. The first kappa shape index (κ1) is 24.6. The summed E-state index contributed by atoms with van der Waals surface area (Å²) in [6.07, 6.45) is 0. The molecule has 8 heteroatoms. The van der Waals surface area contributed by atoms with Gasteiger partial charge in [-0.2, -0.15) is 0 Å². The number of aromatic nitrogens is 1. The predicted molar refractivity (Wildman–Crippen MR) is 127 cm³/mol. The molecule has 0 aliphatic rings. The summed E-state index contributed by atoms with van der Waals surface area (Å²) in [5, 5.41) is 6.66. The van der Waals surface area contributed by atoms with E-state index >= 15 is 0 Å². The summed E-state index contributed by atoms with van der Waals surface area (Å²) in [6, 6.07) is 6.21. The summed E-state index contributed by atoms with van der Waals surface area (Å²) in [5.74, 6) is 1.65. The van der Waals surface area contributed by atoms with Crippen LogP contribution in [-0.4, -0.2) is 37.3 Å². The van der Waals surface area contributed by atoms with Crippen molar-refractivity contribution in [2.45, 2.75) is 40.8 Å². The number of aliphatic imine (C=N–C) groups is 1. The quantitative estimate of drug-likeness (QED) is 0.215. The number of hydrogen-bond donors (Lipinski definition) is 2. The number of ether oxygens (including phenoxy) is 2. The lowest BCUT2D eigenvalue weighted by Crippen LogP contribution is -2.36. The van der Waals surface area contributed by atoms with Gasteiger partial charge in [-0.05, 0) is 39.3 Å². The number of aryl methyl sites for hydroxylation is 2. The molecule has 2 rings (SSSR count). The lowest BCUT2D eigenvalue weighted by Gasteiger charge is -2.13. The summed E-state index contributed by atoms with van der Waals surface area (Å²) in [6.45, 7) is 12.0. The van der Waals surface area contributed by atoms with Gasteiger partial charge in [-0.25, -0.2) is 9.98 Å². The molecule has 0 aliphatic heterocycles. The zero-order valence-corrected chi connectivity index (χ0v) is 20.2. The molecule has 1 aromatic heterocycles. The molecule has 156 valence electrons. The first-order chi connectivity index (χ1) is 13.1.